The molecule has 9 nitrogen and oxygen atoms in total. The zero-order valence-electron chi connectivity index (χ0n) is 17.7. The number of ether oxygens (including phenoxy) is 2. The molecule has 32 heavy (non-hydrogen) atoms. The molecule has 0 aromatic heterocycles. The van der Waals surface area contributed by atoms with Gasteiger partial charge in [-0.25, -0.2) is 14.0 Å². The Labute approximate surface area is 183 Å². The number of carbonyl (C=O) groups is 4. The molecule has 2 atom stereocenters. The molecule has 0 unspecified atom stereocenters. The van der Waals surface area contributed by atoms with Gasteiger partial charge in [-0.05, 0) is 37.5 Å². The Morgan fingerprint density at radius 2 is 1.75 bits per heavy atom. The van der Waals surface area contributed by atoms with Gasteiger partial charge in [0.1, 0.15) is 5.82 Å². The Morgan fingerprint density at radius 3 is 2.31 bits per heavy atom. The Balaban J connectivity index is 1.85. The topological polar surface area (TPSA) is 131 Å². The highest BCUT2D eigenvalue weighted by Crippen LogP contribution is 2.47. The van der Waals surface area contributed by atoms with Gasteiger partial charge in [-0.3, -0.25) is 15.0 Å². The largest absolute Gasteiger partial charge is 0.480 e. The van der Waals surface area contributed by atoms with Gasteiger partial charge >= 0.3 is 17.9 Å². The van der Waals surface area contributed by atoms with Crippen LogP contribution in [0.3, 0.4) is 0 Å². The van der Waals surface area contributed by atoms with Crippen molar-refractivity contribution in [2.45, 2.75) is 45.3 Å². The fourth-order valence-electron chi connectivity index (χ4n) is 3.80. The molecule has 0 saturated carbocycles. The molecule has 1 aromatic carbocycles. The number of nitrogens with one attached hydrogen (secondary N) is 2. The number of rotatable bonds is 5. The molecule has 0 bridgehead atoms. The predicted molar refractivity (Wildman–Crippen MR) is 108 cm³/mol. The average Bonchev–Trinajstić information content (AvgIpc) is 2.69. The number of hydrogen-bond acceptors (Lipinski definition) is 7. The first kappa shape index (κ1) is 23.0. The van der Waals surface area contributed by atoms with Crippen LogP contribution in [0.15, 0.2) is 47.7 Å². The lowest BCUT2D eigenvalue weighted by atomic mass is 9.64. The average molecular weight is 446 g/mol. The second-order valence-electron chi connectivity index (χ2n) is 8.17. The Morgan fingerprint density at radius 1 is 1.16 bits per heavy atom. The predicted octanol–water partition coefficient (Wildman–Crippen LogP) is 2.06. The first-order valence-corrected chi connectivity index (χ1v) is 9.83. The lowest BCUT2D eigenvalue weighted by Gasteiger charge is -2.38. The summed E-state index contributed by atoms with van der Waals surface area (Å²) in [6.07, 6.45) is 2.73. The van der Waals surface area contributed by atoms with Gasteiger partial charge in [0.2, 0.25) is 0 Å². The maximum Gasteiger partial charge on any atom is 0.350 e. The lowest BCUT2D eigenvalue weighted by Crippen LogP contribution is -2.54. The summed E-state index contributed by atoms with van der Waals surface area (Å²) < 4.78 is 23.3. The minimum Gasteiger partial charge on any atom is -0.480 e. The highest BCUT2D eigenvalue weighted by molar-refractivity contribution is 6.15. The highest BCUT2D eigenvalue weighted by atomic mass is 19.1. The number of esters is 2. The number of carbonyl (C=O) groups excluding carboxylic acids is 3. The van der Waals surface area contributed by atoms with Crippen LogP contribution in [0.4, 0.5) is 4.39 Å². The molecule has 1 aromatic rings. The second kappa shape index (κ2) is 8.45. The number of hydrogen-bond donors (Lipinski definition) is 3. The van der Waals surface area contributed by atoms with Crippen LogP contribution in [-0.4, -0.2) is 34.7 Å². The van der Waals surface area contributed by atoms with E-state index in [2.05, 4.69) is 10.9 Å². The number of carboxylic acid groups (broad SMARTS) is 1. The van der Waals surface area contributed by atoms with Crippen molar-refractivity contribution in [2.24, 2.45) is 5.41 Å². The van der Waals surface area contributed by atoms with Crippen LogP contribution in [0.25, 0.3) is 0 Å². The third-order valence-corrected chi connectivity index (χ3v) is 5.47. The molecule has 1 aliphatic heterocycles. The molecule has 1 saturated heterocycles. The number of amides is 1. The summed E-state index contributed by atoms with van der Waals surface area (Å²) in [7, 11) is 0. The first-order chi connectivity index (χ1) is 15.0. The number of cyclic esters (lactones) is 2. The smallest absolute Gasteiger partial charge is 0.350 e. The Kier molecular flexibility index (Phi) is 6.07. The minimum atomic E-state index is -1.90. The molecule has 170 valence electrons. The van der Waals surface area contributed by atoms with Crippen molar-refractivity contribution in [2.75, 3.05) is 0 Å². The molecular weight excluding hydrogens is 423 g/mol. The Bertz CT molecular complexity index is 1010. The summed E-state index contributed by atoms with van der Waals surface area (Å²) in [5.41, 5.74) is 3.54. The number of carboxylic acids is 1. The molecular formula is C22H23FN2O7. The number of halogens is 1. The van der Waals surface area contributed by atoms with E-state index in [-0.39, 0.29) is 12.8 Å². The van der Waals surface area contributed by atoms with Gasteiger partial charge < -0.3 is 20.0 Å². The summed E-state index contributed by atoms with van der Waals surface area (Å²) in [6, 6.07) is 5.32. The van der Waals surface area contributed by atoms with Crippen LogP contribution >= 0.6 is 0 Å². The molecule has 1 amide bonds. The zero-order chi connectivity index (χ0) is 23.7. The van der Waals surface area contributed by atoms with Crippen LogP contribution in [0.1, 0.15) is 45.1 Å². The molecule has 3 N–H and O–H groups in total. The van der Waals surface area contributed by atoms with E-state index in [1.807, 2.05) is 6.92 Å². The molecule has 2 aliphatic rings. The van der Waals surface area contributed by atoms with Crippen molar-refractivity contribution < 1.29 is 38.1 Å². The molecule has 3 rings (SSSR count). The van der Waals surface area contributed by atoms with Crippen LogP contribution in [0.2, 0.25) is 0 Å². The van der Waals surface area contributed by atoms with Gasteiger partial charge in [-0.2, -0.15) is 0 Å². The second-order valence-corrected chi connectivity index (χ2v) is 8.17. The van der Waals surface area contributed by atoms with Gasteiger partial charge in [0.05, 0.1) is 0 Å². The molecule has 1 aliphatic carbocycles. The molecule has 0 spiro atoms. The summed E-state index contributed by atoms with van der Waals surface area (Å²) in [5, 5.41) is 10.1. The SMILES string of the molecule is CC1=CC[C@](C(=O)O)(C(=O)NNC=C2C(=O)OC(C)(C)OC2=O)[C@@H](c2ccc(F)cc2)C1. The summed E-state index contributed by atoms with van der Waals surface area (Å²) in [4.78, 5) is 49.5. The van der Waals surface area contributed by atoms with Crippen molar-refractivity contribution in [3.8, 4) is 0 Å². The molecule has 10 heteroatoms. The Hall–Kier alpha value is -3.69. The van der Waals surface area contributed by atoms with Crippen molar-refractivity contribution in [3.63, 3.8) is 0 Å². The number of hydrazine groups is 1. The van der Waals surface area contributed by atoms with E-state index < -0.39 is 52.3 Å². The van der Waals surface area contributed by atoms with Crippen LogP contribution < -0.4 is 10.9 Å². The monoisotopic (exact) mass is 446 g/mol. The van der Waals surface area contributed by atoms with Gasteiger partial charge in [-0.15, -0.1) is 0 Å². The van der Waals surface area contributed by atoms with Crippen molar-refractivity contribution in [3.05, 3.63) is 59.1 Å². The van der Waals surface area contributed by atoms with Crippen molar-refractivity contribution >= 4 is 23.8 Å². The van der Waals surface area contributed by atoms with E-state index in [1.165, 1.54) is 38.1 Å². The zero-order valence-corrected chi connectivity index (χ0v) is 17.7. The van der Waals surface area contributed by atoms with E-state index in [4.69, 9.17) is 9.47 Å². The first-order valence-electron chi connectivity index (χ1n) is 9.83. The molecule has 1 heterocycles. The minimum absolute atomic E-state index is 0.0986. The fourth-order valence-corrected chi connectivity index (χ4v) is 3.80. The van der Waals surface area contributed by atoms with E-state index >= 15 is 0 Å². The van der Waals surface area contributed by atoms with E-state index in [0.717, 1.165) is 11.8 Å². The third kappa shape index (κ3) is 4.34. The van der Waals surface area contributed by atoms with Gasteiger partial charge in [0, 0.05) is 26.0 Å². The van der Waals surface area contributed by atoms with Crippen molar-refractivity contribution in [1.29, 1.82) is 0 Å². The standard InChI is InChI=1S/C22H23FN2O7/c1-12-8-9-22(20(29)30,16(10-12)13-4-6-14(23)7-5-13)19(28)25-24-11-15-17(26)31-21(2,3)32-18(15)27/h4-8,11,16,24H,9-10H2,1-3H3,(H,25,28)(H,29,30)/t16-,22-/m1/s1. The quantitative estimate of drug-likeness (QED) is 0.156. The van der Waals surface area contributed by atoms with Crippen LogP contribution in [-0.2, 0) is 28.7 Å². The fraction of sp³-hybridized carbons (Fsp3) is 0.364. The van der Waals surface area contributed by atoms with E-state index in [1.54, 1.807) is 6.08 Å². The summed E-state index contributed by atoms with van der Waals surface area (Å²) in [5.74, 6) is -6.84. The summed E-state index contributed by atoms with van der Waals surface area (Å²) >= 11 is 0. The highest BCUT2D eigenvalue weighted by Gasteiger charge is 2.54. The van der Waals surface area contributed by atoms with Crippen molar-refractivity contribution in [1.82, 2.24) is 10.9 Å². The molecule has 0 radical (unpaired) electrons. The summed E-state index contributed by atoms with van der Waals surface area (Å²) in [6.45, 7) is 4.60. The van der Waals surface area contributed by atoms with Gasteiger partial charge in [0.25, 0.3) is 11.7 Å². The van der Waals surface area contributed by atoms with Gasteiger partial charge in [0.15, 0.2) is 11.0 Å². The van der Waals surface area contributed by atoms with Crippen LogP contribution in [0.5, 0.6) is 0 Å². The lowest BCUT2D eigenvalue weighted by molar-refractivity contribution is -0.222. The maximum atomic E-state index is 13.4. The number of allylic oxidation sites excluding steroid dienone is 2. The third-order valence-electron chi connectivity index (χ3n) is 5.47. The normalized spacial score (nSPS) is 24.6. The van der Waals surface area contributed by atoms with Crippen LogP contribution in [0, 0.1) is 11.2 Å². The van der Waals surface area contributed by atoms with E-state index in [0.29, 0.717) is 5.56 Å². The van der Waals surface area contributed by atoms with Gasteiger partial charge in [-0.1, -0.05) is 23.8 Å². The maximum absolute atomic E-state index is 13.4. The van der Waals surface area contributed by atoms with E-state index in [9.17, 15) is 28.7 Å². The molecule has 1 fully saturated rings. The number of aliphatic carboxylic acids is 1. The number of benzene rings is 1.